The van der Waals surface area contributed by atoms with Gasteiger partial charge in [-0.2, -0.15) is 0 Å². The number of ether oxygens (including phenoxy) is 1. The first-order chi connectivity index (χ1) is 9.74. The van der Waals surface area contributed by atoms with Gasteiger partial charge >= 0.3 is 0 Å². The maximum absolute atomic E-state index is 12.3. The summed E-state index contributed by atoms with van der Waals surface area (Å²) in [6.07, 6.45) is 0.904. The molecule has 2 aromatic rings. The average Bonchev–Trinajstić information content (AvgIpc) is 2.93. The number of benzene rings is 2. The Labute approximate surface area is 123 Å². The Bertz CT molecular complexity index is 649. The molecule has 0 fully saturated rings. The number of aryl methyl sites for hydroxylation is 1. The van der Waals surface area contributed by atoms with Crippen molar-refractivity contribution in [3.05, 3.63) is 59.2 Å². The van der Waals surface area contributed by atoms with Crippen LogP contribution in [0.5, 0.6) is 5.75 Å². The van der Waals surface area contributed by atoms with E-state index in [1.165, 1.54) is 10.5 Å². The predicted octanol–water partition coefficient (Wildman–Crippen LogP) is 3.90. The van der Waals surface area contributed by atoms with Crippen molar-refractivity contribution < 1.29 is 9.53 Å². The smallest absolute Gasteiger partial charge is 0.173 e. The van der Waals surface area contributed by atoms with E-state index in [-0.39, 0.29) is 5.78 Å². The molecule has 2 aromatic carbocycles. The predicted molar refractivity (Wildman–Crippen MR) is 81.9 cm³/mol. The first kappa shape index (κ1) is 13.3. The van der Waals surface area contributed by atoms with Crippen LogP contribution >= 0.6 is 11.8 Å². The van der Waals surface area contributed by atoms with Gasteiger partial charge in [-0.25, -0.2) is 0 Å². The Morgan fingerprint density at radius 3 is 2.95 bits per heavy atom. The minimum atomic E-state index is 0.174. The van der Waals surface area contributed by atoms with Gasteiger partial charge in [-0.1, -0.05) is 18.2 Å². The van der Waals surface area contributed by atoms with E-state index in [1.807, 2.05) is 30.3 Å². The van der Waals surface area contributed by atoms with Crippen molar-refractivity contribution in [3.63, 3.8) is 0 Å². The van der Waals surface area contributed by atoms with Crippen molar-refractivity contribution in [3.8, 4) is 5.75 Å². The highest BCUT2D eigenvalue weighted by atomic mass is 32.2. The molecule has 0 saturated carbocycles. The molecule has 1 heterocycles. The van der Waals surface area contributed by atoms with Gasteiger partial charge in [-0.3, -0.25) is 4.79 Å². The molecule has 0 atom stereocenters. The second-order valence-electron chi connectivity index (χ2n) is 4.90. The molecule has 0 N–H and O–H groups in total. The zero-order valence-corrected chi connectivity index (χ0v) is 12.2. The van der Waals surface area contributed by atoms with Gasteiger partial charge in [0.15, 0.2) is 5.78 Å². The molecule has 2 nitrogen and oxygen atoms in total. The van der Waals surface area contributed by atoms with Crippen LogP contribution in [0.1, 0.15) is 21.5 Å². The van der Waals surface area contributed by atoms with Crippen LogP contribution in [-0.2, 0) is 6.42 Å². The van der Waals surface area contributed by atoms with Gasteiger partial charge in [-0.05, 0) is 42.3 Å². The third-order valence-electron chi connectivity index (χ3n) is 3.46. The van der Waals surface area contributed by atoms with Gasteiger partial charge in [0, 0.05) is 16.9 Å². The number of rotatable bonds is 4. The van der Waals surface area contributed by atoms with E-state index in [1.54, 1.807) is 11.8 Å². The fraction of sp³-hybridized carbons (Fsp3) is 0.235. The van der Waals surface area contributed by atoms with Crippen molar-refractivity contribution in [2.45, 2.75) is 18.2 Å². The van der Waals surface area contributed by atoms with Crippen molar-refractivity contribution >= 4 is 17.5 Å². The van der Waals surface area contributed by atoms with Crippen molar-refractivity contribution in [2.24, 2.45) is 0 Å². The molecular weight excluding hydrogens is 268 g/mol. The number of fused-ring (bicyclic) bond motifs is 1. The van der Waals surface area contributed by atoms with E-state index >= 15 is 0 Å². The van der Waals surface area contributed by atoms with Crippen LogP contribution < -0.4 is 4.74 Å². The van der Waals surface area contributed by atoms with Gasteiger partial charge in [0.25, 0.3) is 0 Å². The lowest BCUT2D eigenvalue weighted by atomic mass is 10.1. The van der Waals surface area contributed by atoms with Gasteiger partial charge < -0.3 is 4.74 Å². The summed E-state index contributed by atoms with van der Waals surface area (Å²) < 4.78 is 5.46. The van der Waals surface area contributed by atoms with Gasteiger partial charge in [0.05, 0.1) is 12.4 Å². The fourth-order valence-electron chi connectivity index (χ4n) is 2.31. The largest absolute Gasteiger partial charge is 0.493 e. The summed E-state index contributed by atoms with van der Waals surface area (Å²) in [6.45, 7) is 2.80. The van der Waals surface area contributed by atoms with Gasteiger partial charge in [0.2, 0.25) is 0 Å². The lowest BCUT2D eigenvalue weighted by molar-refractivity contribution is 0.102. The first-order valence-corrected chi connectivity index (χ1v) is 7.70. The average molecular weight is 284 g/mol. The number of carbonyl (C=O) groups is 1. The molecule has 20 heavy (non-hydrogen) atoms. The Morgan fingerprint density at radius 2 is 2.10 bits per heavy atom. The molecule has 3 heteroatoms. The summed E-state index contributed by atoms with van der Waals surface area (Å²) >= 11 is 1.60. The summed E-state index contributed by atoms with van der Waals surface area (Å²) in [5.74, 6) is 1.57. The van der Waals surface area contributed by atoms with Crippen molar-refractivity contribution in [1.29, 1.82) is 0 Å². The summed E-state index contributed by atoms with van der Waals surface area (Å²) in [6, 6.07) is 13.9. The lowest BCUT2D eigenvalue weighted by Crippen LogP contribution is -2.03. The Hall–Kier alpha value is -1.74. The Morgan fingerprint density at radius 1 is 1.25 bits per heavy atom. The topological polar surface area (TPSA) is 26.3 Å². The Kier molecular flexibility index (Phi) is 3.79. The maximum atomic E-state index is 12.3. The van der Waals surface area contributed by atoms with E-state index < -0.39 is 0 Å². The molecule has 0 radical (unpaired) electrons. The molecule has 3 rings (SSSR count). The molecule has 0 aliphatic carbocycles. The minimum Gasteiger partial charge on any atom is -0.493 e. The number of hydrogen-bond donors (Lipinski definition) is 0. The first-order valence-electron chi connectivity index (χ1n) is 6.71. The van der Waals surface area contributed by atoms with Crippen LogP contribution in [0.25, 0.3) is 0 Å². The molecule has 0 amide bonds. The number of Topliss-reactive ketones (excluding diaryl/α,β-unsaturated/α-hetero) is 1. The highest BCUT2D eigenvalue weighted by Crippen LogP contribution is 2.27. The standard InChI is InChI=1S/C17H16O2S/c1-12-4-2-3-5-17(12)20-11-15(18)13-6-7-16-14(10-13)8-9-19-16/h2-7,10H,8-9,11H2,1H3. The normalized spacial score (nSPS) is 12.8. The zero-order valence-electron chi connectivity index (χ0n) is 11.4. The molecule has 0 unspecified atom stereocenters. The number of carbonyl (C=O) groups excluding carboxylic acids is 1. The zero-order chi connectivity index (χ0) is 13.9. The molecule has 102 valence electrons. The quantitative estimate of drug-likeness (QED) is 0.629. The monoisotopic (exact) mass is 284 g/mol. The summed E-state index contributed by atoms with van der Waals surface area (Å²) in [5.41, 5.74) is 3.15. The summed E-state index contributed by atoms with van der Waals surface area (Å²) in [4.78, 5) is 13.4. The second-order valence-corrected chi connectivity index (χ2v) is 5.92. The highest BCUT2D eigenvalue weighted by molar-refractivity contribution is 8.00. The summed E-state index contributed by atoms with van der Waals surface area (Å²) in [5, 5.41) is 0. The number of thioether (sulfide) groups is 1. The molecule has 0 spiro atoms. The van der Waals surface area contributed by atoms with Crippen LogP contribution in [0, 0.1) is 6.92 Å². The molecular formula is C17H16O2S. The minimum absolute atomic E-state index is 0.174. The number of ketones is 1. The third-order valence-corrected chi connectivity index (χ3v) is 4.64. The van der Waals surface area contributed by atoms with E-state index in [4.69, 9.17) is 4.74 Å². The summed E-state index contributed by atoms with van der Waals surface area (Å²) in [7, 11) is 0. The molecule has 0 saturated heterocycles. The third kappa shape index (κ3) is 2.73. The van der Waals surface area contributed by atoms with Gasteiger partial charge in [0.1, 0.15) is 5.75 Å². The SMILES string of the molecule is Cc1ccccc1SCC(=O)c1ccc2c(c1)CCO2. The molecule has 0 bridgehead atoms. The lowest BCUT2D eigenvalue weighted by Gasteiger charge is -2.06. The van der Waals surface area contributed by atoms with Crippen molar-refractivity contribution in [2.75, 3.05) is 12.4 Å². The maximum Gasteiger partial charge on any atom is 0.173 e. The van der Waals surface area contributed by atoms with Crippen molar-refractivity contribution in [1.82, 2.24) is 0 Å². The van der Waals surface area contributed by atoms with Crippen LogP contribution in [0.15, 0.2) is 47.4 Å². The molecule has 1 aliphatic rings. The van der Waals surface area contributed by atoms with E-state index in [9.17, 15) is 4.79 Å². The van der Waals surface area contributed by atoms with Gasteiger partial charge in [-0.15, -0.1) is 11.8 Å². The van der Waals surface area contributed by atoms with Crippen LogP contribution in [0.4, 0.5) is 0 Å². The van der Waals surface area contributed by atoms with E-state index in [0.717, 1.165) is 29.9 Å². The van der Waals surface area contributed by atoms with Crippen LogP contribution in [0.3, 0.4) is 0 Å². The van der Waals surface area contributed by atoms with E-state index in [0.29, 0.717) is 5.75 Å². The Balaban J connectivity index is 1.69. The molecule has 1 aliphatic heterocycles. The van der Waals surface area contributed by atoms with E-state index in [2.05, 4.69) is 19.1 Å². The van der Waals surface area contributed by atoms with Crippen LogP contribution in [-0.4, -0.2) is 18.1 Å². The fourth-order valence-corrected chi connectivity index (χ4v) is 3.23. The number of hydrogen-bond acceptors (Lipinski definition) is 3. The molecule has 0 aromatic heterocycles. The second kappa shape index (κ2) is 5.71. The van der Waals surface area contributed by atoms with Crippen LogP contribution in [0.2, 0.25) is 0 Å². The highest BCUT2D eigenvalue weighted by Gasteiger charge is 2.15.